The second kappa shape index (κ2) is 6.03. The van der Waals surface area contributed by atoms with Gasteiger partial charge in [0, 0.05) is 12.6 Å². The number of piperidine rings is 1. The zero-order valence-electron chi connectivity index (χ0n) is 11.9. The molecule has 1 saturated heterocycles. The molecule has 0 saturated carbocycles. The second-order valence-corrected chi connectivity index (χ2v) is 6.18. The lowest BCUT2D eigenvalue weighted by Crippen LogP contribution is -2.45. The molecule has 0 spiro atoms. The van der Waals surface area contributed by atoms with Gasteiger partial charge in [-0.3, -0.25) is 4.90 Å². The molecule has 3 rings (SSSR count). The number of thiophene rings is 1. The van der Waals surface area contributed by atoms with E-state index in [2.05, 4.69) is 27.3 Å². The van der Waals surface area contributed by atoms with Gasteiger partial charge in [0.1, 0.15) is 0 Å². The first-order valence-electron chi connectivity index (χ1n) is 7.06. The van der Waals surface area contributed by atoms with Crippen molar-refractivity contribution in [2.75, 3.05) is 20.1 Å². The number of nitrogens with one attached hydrogen (secondary N) is 1. The molecule has 20 heavy (non-hydrogen) atoms. The molecule has 1 fully saturated rings. The van der Waals surface area contributed by atoms with Gasteiger partial charge in [-0.05, 0) is 44.8 Å². The first kappa shape index (κ1) is 13.7. The van der Waals surface area contributed by atoms with E-state index in [0.29, 0.717) is 17.8 Å². The van der Waals surface area contributed by atoms with Gasteiger partial charge in [0.05, 0.1) is 10.9 Å². The number of hydrogen-bond donors (Lipinski definition) is 1. The molecule has 2 unspecified atom stereocenters. The van der Waals surface area contributed by atoms with Crippen molar-refractivity contribution in [3.05, 3.63) is 23.4 Å². The Morgan fingerprint density at radius 1 is 1.55 bits per heavy atom. The number of aromatic nitrogens is 2. The van der Waals surface area contributed by atoms with E-state index < -0.39 is 0 Å². The minimum atomic E-state index is 0.173. The van der Waals surface area contributed by atoms with E-state index in [-0.39, 0.29) is 6.04 Å². The van der Waals surface area contributed by atoms with Crippen molar-refractivity contribution in [3.8, 4) is 10.7 Å². The van der Waals surface area contributed by atoms with Gasteiger partial charge in [0.15, 0.2) is 0 Å². The lowest BCUT2D eigenvalue weighted by atomic mass is 10.0. The van der Waals surface area contributed by atoms with Crippen molar-refractivity contribution >= 4 is 11.3 Å². The second-order valence-electron chi connectivity index (χ2n) is 5.23. The lowest BCUT2D eigenvalue weighted by molar-refractivity contribution is 0.126. The highest BCUT2D eigenvalue weighted by Gasteiger charge is 2.27. The molecule has 0 aliphatic carbocycles. The van der Waals surface area contributed by atoms with Gasteiger partial charge in [0.2, 0.25) is 11.7 Å². The van der Waals surface area contributed by atoms with Crippen LogP contribution in [0.3, 0.4) is 0 Å². The number of rotatable bonds is 4. The Hall–Kier alpha value is -1.24. The number of hydrogen-bond acceptors (Lipinski definition) is 6. The fourth-order valence-electron chi connectivity index (χ4n) is 2.66. The molecular weight excluding hydrogens is 272 g/mol. The van der Waals surface area contributed by atoms with Crippen LogP contribution >= 0.6 is 11.3 Å². The van der Waals surface area contributed by atoms with Crippen LogP contribution in [0.1, 0.15) is 31.7 Å². The van der Waals surface area contributed by atoms with Gasteiger partial charge in [-0.2, -0.15) is 4.98 Å². The first-order chi connectivity index (χ1) is 9.78. The van der Waals surface area contributed by atoms with Crippen molar-refractivity contribution in [2.24, 2.45) is 0 Å². The van der Waals surface area contributed by atoms with Crippen molar-refractivity contribution < 1.29 is 4.52 Å². The Balaban J connectivity index is 1.72. The third kappa shape index (κ3) is 2.77. The summed E-state index contributed by atoms with van der Waals surface area (Å²) in [5.74, 6) is 1.41. The maximum Gasteiger partial charge on any atom is 0.244 e. The van der Waals surface area contributed by atoms with E-state index in [9.17, 15) is 0 Å². The molecular formula is C14H20N4OS. The molecule has 1 N–H and O–H groups in total. The summed E-state index contributed by atoms with van der Waals surface area (Å²) in [6, 6.07) is 4.75. The molecule has 0 aromatic carbocycles. The summed E-state index contributed by atoms with van der Waals surface area (Å²) in [6.45, 7) is 4.27. The van der Waals surface area contributed by atoms with Crippen LogP contribution in [-0.2, 0) is 0 Å². The summed E-state index contributed by atoms with van der Waals surface area (Å²) in [4.78, 5) is 8.02. The average Bonchev–Trinajstić information content (AvgIpc) is 3.17. The van der Waals surface area contributed by atoms with Crippen LogP contribution in [0.25, 0.3) is 10.7 Å². The molecule has 2 aromatic rings. The molecule has 2 atom stereocenters. The van der Waals surface area contributed by atoms with E-state index in [4.69, 9.17) is 4.52 Å². The van der Waals surface area contributed by atoms with Gasteiger partial charge in [0.25, 0.3) is 0 Å². The summed E-state index contributed by atoms with van der Waals surface area (Å²) in [5.41, 5.74) is 0. The van der Waals surface area contributed by atoms with Crippen LogP contribution in [0.4, 0.5) is 0 Å². The third-order valence-electron chi connectivity index (χ3n) is 3.95. The Morgan fingerprint density at radius 2 is 2.45 bits per heavy atom. The zero-order chi connectivity index (χ0) is 13.9. The fourth-order valence-corrected chi connectivity index (χ4v) is 3.31. The molecule has 0 radical (unpaired) electrons. The van der Waals surface area contributed by atoms with E-state index in [1.165, 1.54) is 12.8 Å². The van der Waals surface area contributed by atoms with Gasteiger partial charge in [-0.1, -0.05) is 11.2 Å². The quantitative estimate of drug-likeness (QED) is 0.938. The van der Waals surface area contributed by atoms with E-state index in [1.54, 1.807) is 11.3 Å². The predicted molar refractivity (Wildman–Crippen MR) is 79.7 cm³/mol. The molecule has 108 valence electrons. The smallest absolute Gasteiger partial charge is 0.244 e. The Kier molecular flexibility index (Phi) is 4.14. The van der Waals surface area contributed by atoms with Crippen molar-refractivity contribution in [1.82, 2.24) is 20.4 Å². The van der Waals surface area contributed by atoms with E-state index >= 15 is 0 Å². The minimum Gasteiger partial charge on any atom is -0.337 e. The van der Waals surface area contributed by atoms with Crippen LogP contribution in [0.2, 0.25) is 0 Å². The molecule has 0 amide bonds. The minimum absolute atomic E-state index is 0.173. The summed E-state index contributed by atoms with van der Waals surface area (Å²) < 4.78 is 5.46. The molecule has 0 bridgehead atoms. The number of likely N-dealkylation sites (N-methyl/N-ethyl adjacent to an activating group) is 1. The van der Waals surface area contributed by atoms with Crippen LogP contribution in [0.5, 0.6) is 0 Å². The lowest BCUT2D eigenvalue weighted by Gasteiger charge is -2.35. The average molecular weight is 292 g/mol. The summed E-state index contributed by atoms with van der Waals surface area (Å²) in [7, 11) is 2.03. The normalized spacial score (nSPS) is 22.0. The zero-order valence-corrected chi connectivity index (χ0v) is 12.7. The SMILES string of the molecule is CNC1CCCN(C(C)c2nc(-c3cccs3)no2)C1. The topological polar surface area (TPSA) is 54.2 Å². The standard InChI is InChI=1S/C14H20N4OS/c1-10(18-7-3-5-11(9-18)15-2)14-16-13(17-19-14)12-6-4-8-20-12/h4,6,8,10-11,15H,3,5,7,9H2,1-2H3. The van der Waals surface area contributed by atoms with Gasteiger partial charge >= 0.3 is 0 Å². The van der Waals surface area contributed by atoms with Gasteiger partial charge < -0.3 is 9.84 Å². The summed E-state index contributed by atoms with van der Waals surface area (Å²) >= 11 is 1.63. The van der Waals surface area contributed by atoms with Crippen LogP contribution in [0, 0.1) is 0 Å². The van der Waals surface area contributed by atoms with Crippen molar-refractivity contribution in [2.45, 2.75) is 31.8 Å². The first-order valence-corrected chi connectivity index (χ1v) is 7.94. The number of nitrogens with zero attached hydrogens (tertiary/aromatic N) is 3. The summed E-state index contributed by atoms with van der Waals surface area (Å²) in [5, 5.41) is 9.48. The Morgan fingerprint density at radius 3 is 3.20 bits per heavy atom. The van der Waals surface area contributed by atoms with Gasteiger partial charge in [-0.15, -0.1) is 11.3 Å². The molecule has 3 heterocycles. The monoisotopic (exact) mass is 292 g/mol. The highest BCUT2D eigenvalue weighted by Crippen LogP contribution is 2.26. The highest BCUT2D eigenvalue weighted by molar-refractivity contribution is 7.13. The highest BCUT2D eigenvalue weighted by atomic mass is 32.1. The molecule has 6 heteroatoms. The molecule has 5 nitrogen and oxygen atoms in total. The molecule has 2 aromatic heterocycles. The van der Waals surface area contributed by atoms with Crippen molar-refractivity contribution in [1.29, 1.82) is 0 Å². The van der Waals surface area contributed by atoms with Crippen LogP contribution in [0.15, 0.2) is 22.0 Å². The fraction of sp³-hybridized carbons (Fsp3) is 0.571. The maximum absolute atomic E-state index is 5.46. The van der Waals surface area contributed by atoms with Crippen LogP contribution in [-0.4, -0.2) is 41.2 Å². The molecule has 1 aliphatic rings. The largest absolute Gasteiger partial charge is 0.337 e. The van der Waals surface area contributed by atoms with Gasteiger partial charge in [-0.25, -0.2) is 0 Å². The predicted octanol–water partition coefficient (Wildman–Crippen LogP) is 2.54. The Labute approximate surface area is 123 Å². The summed E-state index contributed by atoms with van der Waals surface area (Å²) in [6.07, 6.45) is 2.45. The maximum atomic E-state index is 5.46. The van der Waals surface area contributed by atoms with Crippen molar-refractivity contribution in [3.63, 3.8) is 0 Å². The third-order valence-corrected chi connectivity index (χ3v) is 4.82. The Bertz CT molecular complexity index is 539. The van der Waals surface area contributed by atoms with E-state index in [0.717, 1.165) is 18.0 Å². The van der Waals surface area contributed by atoms with E-state index in [1.807, 2.05) is 24.6 Å². The van der Waals surface area contributed by atoms with Crippen LogP contribution < -0.4 is 5.32 Å². The molecule has 1 aliphatic heterocycles. The number of likely N-dealkylation sites (tertiary alicyclic amines) is 1.